The summed E-state index contributed by atoms with van der Waals surface area (Å²) in [5, 5.41) is 10.9. The summed E-state index contributed by atoms with van der Waals surface area (Å²) in [6.45, 7) is 0. The van der Waals surface area contributed by atoms with E-state index in [0.717, 1.165) is 50.0 Å². The van der Waals surface area contributed by atoms with Crippen molar-refractivity contribution in [3.63, 3.8) is 0 Å². The van der Waals surface area contributed by atoms with Crippen LogP contribution in [0.25, 0.3) is 116 Å². The predicted molar refractivity (Wildman–Crippen MR) is 222 cm³/mol. The molecule has 3 nitrogen and oxygen atoms in total. The fourth-order valence-electron chi connectivity index (χ4n) is 9.09. The lowest BCUT2D eigenvalue weighted by Crippen LogP contribution is -1.99. The van der Waals surface area contributed by atoms with Gasteiger partial charge in [-0.2, -0.15) is 0 Å². The molecule has 0 fully saturated rings. The summed E-state index contributed by atoms with van der Waals surface area (Å²) in [6, 6.07) is 63.5. The van der Waals surface area contributed by atoms with Gasteiger partial charge in [0, 0.05) is 32.7 Å². The van der Waals surface area contributed by atoms with E-state index in [0.29, 0.717) is 0 Å². The van der Waals surface area contributed by atoms with Crippen molar-refractivity contribution in [1.29, 1.82) is 0 Å². The molecule has 11 aromatic rings. The van der Waals surface area contributed by atoms with Gasteiger partial charge in [0.1, 0.15) is 0 Å². The Morgan fingerprint density at radius 3 is 1.81 bits per heavy atom. The Balaban J connectivity index is 1.11. The monoisotopic (exact) mass is 671 g/mol. The molecule has 0 N–H and O–H groups in total. The average Bonchev–Trinajstić information content (AvgIpc) is 3.74. The molecule has 0 spiro atoms. The molecule has 2 aromatic heterocycles. The molecule has 2 heterocycles. The van der Waals surface area contributed by atoms with E-state index in [1.807, 2.05) is 0 Å². The van der Waals surface area contributed by atoms with E-state index in [9.17, 15) is 0 Å². The van der Waals surface area contributed by atoms with E-state index in [1.54, 1.807) is 0 Å². The molecule has 1 aliphatic rings. The van der Waals surface area contributed by atoms with Crippen molar-refractivity contribution < 1.29 is 0 Å². The van der Waals surface area contributed by atoms with Crippen LogP contribution in [0.4, 0.5) is 0 Å². The molecule has 244 valence electrons. The van der Waals surface area contributed by atoms with Gasteiger partial charge in [-0.25, -0.2) is 9.97 Å². The summed E-state index contributed by atoms with van der Waals surface area (Å²) in [5.41, 5.74) is 12.7. The number of aromatic nitrogens is 3. The lowest BCUT2D eigenvalue weighted by Gasteiger charge is -2.16. The maximum absolute atomic E-state index is 5.48. The summed E-state index contributed by atoms with van der Waals surface area (Å²) in [6.07, 6.45) is 0. The van der Waals surface area contributed by atoms with Crippen LogP contribution in [-0.2, 0) is 0 Å². The maximum atomic E-state index is 5.48. The molecule has 0 saturated carbocycles. The van der Waals surface area contributed by atoms with E-state index >= 15 is 0 Å². The van der Waals surface area contributed by atoms with Gasteiger partial charge < -0.3 is 4.57 Å². The molecular weight excluding hydrogens is 643 g/mol. The summed E-state index contributed by atoms with van der Waals surface area (Å²) in [7, 11) is 0. The Bertz CT molecular complexity index is 3320. The third-order valence-electron chi connectivity index (χ3n) is 11.4. The number of nitrogens with zero attached hydrogens (tertiary/aromatic N) is 3. The summed E-state index contributed by atoms with van der Waals surface area (Å²) >= 11 is 0. The van der Waals surface area contributed by atoms with Gasteiger partial charge in [-0.1, -0.05) is 146 Å². The van der Waals surface area contributed by atoms with Crippen molar-refractivity contribution in [3.05, 3.63) is 176 Å². The molecule has 0 radical (unpaired) electrons. The first kappa shape index (κ1) is 28.6. The first-order chi connectivity index (χ1) is 26.3. The highest BCUT2D eigenvalue weighted by molar-refractivity contribution is 6.22. The molecule has 0 saturated heterocycles. The summed E-state index contributed by atoms with van der Waals surface area (Å²) in [4.78, 5) is 10.7. The topological polar surface area (TPSA) is 30.7 Å². The van der Waals surface area contributed by atoms with Crippen molar-refractivity contribution in [2.24, 2.45) is 0 Å². The molecule has 0 aliphatic heterocycles. The Morgan fingerprint density at radius 2 is 0.943 bits per heavy atom. The third kappa shape index (κ3) is 3.94. The first-order valence-corrected chi connectivity index (χ1v) is 18.2. The van der Waals surface area contributed by atoms with Crippen LogP contribution in [0.1, 0.15) is 0 Å². The van der Waals surface area contributed by atoms with E-state index in [4.69, 9.17) is 9.97 Å². The zero-order chi connectivity index (χ0) is 34.6. The number of hydrogen-bond acceptors (Lipinski definition) is 2. The van der Waals surface area contributed by atoms with E-state index < -0.39 is 0 Å². The van der Waals surface area contributed by atoms with Gasteiger partial charge in [0.2, 0.25) is 0 Å². The first-order valence-electron chi connectivity index (χ1n) is 18.2. The van der Waals surface area contributed by atoms with Gasteiger partial charge >= 0.3 is 0 Å². The van der Waals surface area contributed by atoms with Gasteiger partial charge in [-0.15, -0.1) is 0 Å². The zero-order valence-corrected chi connectivity index (χ0v) is 28.6. The molecule has 1 aliphatic carbocycles. The van der Waals surface area contributed by atoms with Crippen LogP contribution in [0, 0.1) is 0 Å². The van der Waals surface area contributed by atoms with Crippen LogP contribution in [0.5, 0.6) is 0 Å². The number of para-hydroxylation sites is 2. The smallest absolute Gasteiger partial charge is 0.161 e. The molecule has 0 atom stereocenters. The van der Waals surface area contributed by atoms with E-state index in [-0.39, 0.29) is 0 Å². The second kappa shape index (κ2) is 10.7. The van der Waals surface area contributed by atoms with Crippen LogP contribution in [0.3, 0.4) is 0 Å². The second-order valence-corrected chi connectivity index (χ2v) is 14.1. The van der Waals surface area contributed by atoms with Gasteiger partial charge in [0.15, 0.2) is 5.82 Å². The summed E-state index contributed by atoms with van der Waals surface area (Å²) < 4.78 is 2.43. The van der Waals surface area contributed by atoms with Crippen molar-refractivity contribution in [2.45, 2.75) is 0 Å². The molecule has 0 unspecified atom stereocenters. The van der Waals surface area contributed by atoms with Crippen molar-refractivity contribution >= 4 is 65.0 Å². The normalized spacial score (nSPS) is 12.2. The fraction of sp³-hybridized carbons (Fsp3) is 0. The molecule has 53 heavy (non-hydrogen) atoms. The largest absolute Gasteiger partial charge is 0.309 e. The van der Waals surface area contributed by atoms with Gasteiger partial charge in [0.25, 0.3) is 0 Å². The minimum Gasteiger partial charge on any atom is -0.309 e. The lowest BCUT2D eigenvalue weighted by atomic mass is 9.95. The van der Waals surface area contributed by atoms with Crippen LogP contribution < -0.4 is 0 Å². The highest BCUT2D eigenvalue weighted by atomic mass is 15.0. The molecule has 3 heteroatoms. The van der Waals surface area contributed by atoms with Crippen molar-refractivity contribution in [1.82, 2.24) is 14.5 Å². The Kier molecular flexibility index (Phi) is 5.77. The van der Waals surface area contributed by atoms with Crippen molar-refractivity contribution in [2.75, 3.05) is 0 Å². The Morgan fingerprint density at radius 1 is 0.321 bits per heavy atom. The Hall–Kier alpha value is -7.10. The van der Waals surface area contributed by atoms with Gasteiger partial charge in [0.05, 0.1) is 27.9 Å². The van der Waals surface area contributed by atoms with E-state index in [1.165, 1.54) is 65.6 Å². The van der Waals surface area contributed by atoms with Crippen LogP contribution >= 0.6 is 0 Å². The maximum Gasteiger partial charge on any atom is 0.161 e. The van der Waals surface area contributed by atoms with Crippen LogP contribution in [0.2, 0.25) is 0 Å². The third-order valence-corrected chi connectivity index (χ3v) is 11.4. The average molecular weight is 672 g/mol. The summed E-state index contributed by atoms with van der Waals surface area (Å²) in [5.74, 6) is 0.723. The second-order valence-electron chi connectivity index (χ2n) is 14.1. The highest BCUT2D eigenvalue weighted by Gasteiger charge is 2.24. The van der Waals surface area contributed by atoms with Gasteiger partial charge in [-0.3, -0.25) is 0 Å². The predicted octanol–water partition coefficient (Wildman–Crippen LogP) is 13.2. The molecule has 0 amide bonds. The van der Waals surface area contributed by atoms with Crippen LogP contribution in [0.15, 0.2) is 176 Å². The number of fused-ring (bicyclic) bond motifs is 10. The number of hydrogen-bond donors (Lipinski definition) is 0. The number of rotatable bonds is 3. The molecule has 9 aromatic carbocycles. The molecular formula is C50H29N3. The lowest BCUT2D eigenvalue weighted by molar-refractivity contribution is 1.19. The zero-order valence-electron chi connectivity index (χ0n) is 28.6. The molecule has 12 rings (SSSR count). The minimum absolute atomic E-state index is 0.723. The van der Waals surface area contributed by atoms with Crippen LogP contribution in [-0.4, -0.2) is 14.5 Å². The van der Waals surface area contributed by atoms with Gasteiger partial charge in [-0.05, 0) is 79.5 Å². The number of benzene rings is 9. The van der Waals surface area contributed by atoms with E-state index in [2.05, 4.69) is 180 Å². The highest BCUT2D eigenvalue weighted by Crippen LogP contribution is 2.50. The standard InChI is InChI=1S/C50H29N3/c1-2-13-31-30(12-1)24-28-46-48(31)42-19-8-10-23-44(42)53(46)45-29-27-40(34-16-5-6-17-35(34)45)50-51-43-22-9-7-18-41(43)49(52-50)39-26-25-38-33-15-4-3-14-32(33)36-20-11-21-37(39)47(36)38/h1-29H. The molecule has 0 bridgehead atoms. The minimum atomic E-state index is 0.723. The Labute approximate surface area is 305 Å². The SMILES string of the molecule is c1ccc2c(c1)-c1cccc3c(-c4nc(-c5ccc(-n6c7ccccc7c7c8ccccc8ccc76)c6ccccc56)nc5ccccc45)ccc-2c13. The van der Waals surface area contributed by atoms with Crippen molar-refractivity contribution in [3.8, 4) is 50.6 Å². The fourth-order valence-corrected chi connectivity index (χ4v) is 9.09. The quantitative estimate of drug-likeness (QED) is 0.187.